The van der Waals surface area contributed by atoms with E-state index >= 15 is 0 Å². The van der Waals surface area contributed by atoms with E-state index in [1.165, 1.54) is 0 Å². The number of aromatic nitrogens is 3. The molecule has 0 spiro atoms. The van der Waals surface area contributed by atoms with Crippen molar-refractivity contribution in [1.82, 2.24) is 14.8 Å². The summed E-state index contributed by atoms with van der Waals surface area (Å²) in [6, 6.07) is 7.59. The summed E-state index contributed by atoms with van der Waals surface area (Å²) in [5.74, 6) is 2.54. The summed E-state index contributed by atoms with van der Waals surface area (Å²) in [7, 11) is 0. The molecule has 1 aromatic heterocycles. The predicted molar refractivity (Wildman–Crippen MR) is 111 cm³/mol. The van der Waals surface area contributed by atoms with Gasteiger partial charge in [-0.1, -0.05) is 50.7 Å². The molecule has 2 aliphatic rings. The minimum Gasteiger partial charge on any atom is -0.494 e. The van der Waals surface area contributed by atoms with E-state index in [1.54, 1.807) is 11.8 Å². The zero-order valence-corrected chi connectivity index (χ0v) is 17.6. The van der Waals surface area contributed by atoms with E-state index in [-0.39, 0.29) is 17.2 Å². The van der Waals surface area contributed by atoms with Crippen molar-refractivity contribution in [3.63, 3.8) is 0 Å². The normalized spacial score (nSPS) is 20.4. The number of carbonyl (C=O) groups is 1. The Bertz CT molecular complexity index is 948. The van der Waals surface area contributed by atoms with Crippen molar-refractivity contribution in [2.45, 2.75) is 51.7 Å². The summed E-state index contributed by atoms with van der Waals surface area (Å²) in [5, 5.41) is 8.85. The molecule has 0 saturated heterocycles. The lowest BCUT2D eigenvalue weighted by Gasteiger charge is -2.38. The zero-order chi connectivity index (χ0) is 19.9. The third-order valence-electron chi connectivity index (χ3n) is 5.10. The third kappa shape index (κ3) is 3.32. The van der Waals surface area contributed by atoms with Gasteiger partial charge in [-0.2, -0.15) is 4.98 Å². The van der Waals surface area contributed by atoms with Crippen LogP contribution in [0.4, 0.5) is 5.95 Å². The van der Waals surface area contributed by atoms with Crippen LogP contribution in [0.3, 0.4) is 0 Å². The summed E-state index contributed by atoms with van der Waals surface area (Å²) in [4.78, 5) is 17.9. The average Bonchev–Trinajstić information content (AvgIpc) is 3.02. The average molecular weight is 399 g/mol. The van der Waals surface area contributed by atoms with Gasteiger partial charge >= 0.3 is 0 Å². The zero-order valence-electron chi connectivity index (χ0n) is 16.8. The summed E-state index contributed by atoms with van der Waals surface area (Å²) in [5.41, 5.74) is 2.63. The highest BCUT2D eigenvalue weighted by atomic mass is 32.2. The van der Waals surface area contributed by atoms with Crippen molar-refractivity contribution in [2.24, 2.45) is 5.41 Å². The van der Waals surface area contributed by atoms with Crippen LogP contribution >= 0.6 is 11.8 Å². The van der Waals surface area contributed by atoms with Gasteiger partial charge in [0, 0.05) is 23.3 Å². The fraction of sp³-hybridized carbons (Fsp3) is 0.476. The molecule has 2 heterocycles. The van der Waals surface area contributed by atoms with Crippen molar-refractivity contribution in [3.8, 4) is 5.75 Å². The quantitative estimate of drug-likeness (QED) is 0.751. The number of fused-ring (bicyclic) bond motifs is 1. The third-order valence-corrected chi connectivity index (χ3v) is 5.82. The van der Waals surface area contributed by atoms with Gasteiger partial charge in [0.25, 0.3) is 0 Å². The highest BCUT2D eigenvalue weighted by molar-refractivity contribution is 7.99. The monoisotopic (exact) mass is 398 g/mol. The van der Waals surface area contributed by atoms with E-state index in [2.05, 4.69) is 31.1 Å². The van der Waals surface area contributed by atoms with Gasteiger partial charge in [-0.25, -0.2) is 4.68 Å². The number of thioether (sulfide) groups is 1. The molecular formula is C21H26N4O2S. The molecule has 0 amide bonds. The molecule has 2 aromatic rings. The van der Waals surface area contributed by atoms with Gasteiger partial charge in [-0.05, 0) is 30.6 Å². The van der Waals surface area contributed by atoms with Crippen LogP contribution in [0.2, 0.25) is 0 Å². The maximum absolute atomic E-state index is 13.2. The van der Waals surface area contributed by atoms with Gasteiger partial charge in [0.2, 0.25) is 11.1 Å². The lowest BCUT2D eigenvalue weighted by molar-refractivity contribution is -0.118. The number of hydrogen-bond acceptors (Lipinski definition) is 6. The van der Waals surface area contributed by atoms with Gasteiger partial charge in [-0.3, -0.25) is 4.79 Å². The molecule has 1 unspecified atom stereocenters. The Morgan fingerprint density at radius 3 is 2.82 bits per heavy atom. The molecule has 1 atom stereocenters. The van der Waals surface area contributed by atoms with E-state index in [0.717, 1.165) is 39.9 Å². The van der Waals surface area contributed by atoms with Gasteiger partial charge in [0.1, 0.15) is 11.8 Å². The van der Waals surface area contributed by atoms with E-state index < -0.39 is 0 Å². The second-order valence-corrected chi connectivity index (χ2v) is 9.16. The number of carbonyl (C=O) groups excluding carboxylic acids is 1. The molecular weight excluding hydrogens is 372 g/mol. The van der Waals surface area contributed by atoms with Crippen LogP contribution in [0.5, 0.6) is 5.75 Å². The fourth-order valence-corrected chi connectivity index (χ4v) is 4.62. The number of anilines is 1. The Morgan fingerprint density at radius 2 is 2.07 bits per heavy atom. The smallest absolute Gasteiger partial charge is 0.227 e. The summed E-state index contributed by atoms with van der Waals surface area (Å²) in [6.45, 7) is 8.88. The first-order valence-electron chi connectivity index (χ1n) is 9.78. The number of allylic oxidation sites excluding steroid dienone is 2. The summed E-state index contributed by atoms with van der Waals surface area (Å²) < 4.78 is 7.75. The van der Waals surface area contributed by atoms with Crippen LogP contribution in [-0.2, 0) is 4.79 Å². The van der Waals surface area contributed by atoms with E-state index in [1.807, 2.05) is 35.9 Å². The molecule has 0 fully saturated rings. The lowest BCUT2D eigenvalue weighted by Crippen LogP contribution is -2.36. The lowest BCUT2D eigenvalue weighted by atomic mass is 9.73. The van der Waals surface area contributed by atoms with Crippen LogP contribution in [0.15, 0.2) is 40.7 Å². The van der Waals surface area contributed by atoms with Crippen molar-refractivity contribution in [2.75, 3.05) is 17.7 Å². The number of Topliss-reactive ketones (excluding diaryl/α,β-unsaturated/α-hetero) is 1. The molecule has 4 rings (SSSR count). The maximum Gasteiger partial charge on any atom is 0.227 e. The largest absolute Gasteiger partial charge is 0.494 e. The summed E-state index contributed by atoms with van der Waals surface area (Å²) >= 11 is 1.60. The first-order chi connectivity index (χ1) is 13.4. The van der Waals surface area contributed by atoms with E-state index in [0.29, 0.717) is 19.0 Å². The molecule has 1 aliphatic heterocycles. The Labute approximate surface area is 169 Å². The number of rotatable bonds is 5. The van der Waals surface area contributed by atoms with Gasteiger partial charge in [0.15, 0.2) is 5.78 Å². The van der Waals surface area contributed by atoms with Crippen LogP contribution in [0.25, 0.3) is 0 Å². The number of hydrogen-bond donors (Lipinski definition) is 1. The predicted octanol–water partition coefficient (Wildman–Crippen LogP) is 4.45. The highest BCUT2D eigenvalue weighted by Gasteiger charge is 2.42. The van der Waals surface area contributed by atoms with Gasteiger partial charge < -0.3 is 10.1 Å². The molecule has 6 nitrogen and oxygen atoms in total. The molecule has 148 valence electrons. The van der Waals surface area contributed by atoms with Gasteiger partial charge in [-0.15, -0.1) is 5.10 Å². The van der Waals surface area contributed by atoms with Crippen LogP contribution in [-0.4, -0.2) is 32.9 Å². The van der Waals surface area contributed by atoms with E-state index in [4.69, 9.17) is 9.84 Å². The number of para-hydroxylation sites is 1. The van der Waals surface area contributed by atoms with Crippen LogP contribution in [0.1, 0.15) is 52.1 Å². The fourth-order valence-electron chi connectivity index (χ4n) is 4.06. The van der Waals surface area contributed by atoms with Crippen molar-refractivity contribution in [1.29, 1.82) is 0 Å². The number of nitrogens with zero attached hydrogens (tertiary/aromatic N) is 3. The molecule has 28 heavy (non-hydrogen) atoms. The minimum absolute atomic E-state index is 0.0733. The molecule has 1 aliphatic carbocycles. The maximum atomic E-state index is 13.2. The first-order valence-corrected chi connectivity index (χ1v) is 10.8. The molecule has 1 N–H and O–H groups in total. The minimum atomic E-state index is -0.323. The molecule has 0 saturated carbocycles. The Kier molecular flexibility index (Phi) is 4.95. The second-order valence-electron chi connectivity index (χ2n) is 7.93. The topological polar surface area (TPSA) is 69.0 Å². The van der Waals surface area contributed by atoms with Crippen LogP contribution in [0, 0.1) is 5.41 Å². The second kappa shape index (κ2) is 7.28. The van der Waals surface area contributed by atoms with Crippen molar-refractivity contribution < 1.29 is 9.53 Å². The standard InChI is InChI=1S/C21H26N4O2S/c1-5-27-16-10-8-7-9-13(16)18-17-14(11-21(3,4)12-15(17)26)22-19-23-20(28-6-2)24-25(18)19/h7-10,18H,5-6,11-12H2,1-4H3,(H,22,23,24). The summed E-state index contributed by atoms with van der Waals surface area (Å²) in [6.07, 6.45) is 1.34. The molecule has 0 bridgehead atoms. The van der Waals surface area contributed by atoms with Crippen LogP contribution < -0.4 is 10.1 Å². The first kappa shape index (κ1) is 19.1. The number of benzene rings is 1. The van der Waals surface area contributed by atoms with Crippen molar-refractivity contribution >= 4 is 23.5 Å². The molecule has 7 heteroatoms. The number of ketones is 1. The Balaban J connectivity index is 1.90. The number of nitrogens with one attached hydrogen (secondary N) is 1. The SMILES string of the molecule is CCOc1ccccc1C1C2=C(CC(C)(C)CC2=O)Nc2nc(SCC)nn21. The Morgan fingerprint density at radius 1 is 1.29 bits per heavy atom. The number of ether oxygens (including phenoxy) is 1. The molecule has 1 aromatic carbocycles. The van der Waals surface area contributed by atoms with E-state index in [9.17, 15) is 4.79 Å². The molecule has 0 radical (unpaired) electrons. The van der Waals surface area contributed by atoms with Crippen molar-refractivity contribution in [3.05, 3.63) is 41.1 Å². The van der Waals surface area contributed by atoms with Gasteiger partial charge in [0.05, 0.1) is 6.61 Å². The Hall–Kier alpha value is -2.28. The highest BCUT2D eigenvalue weighted by Crippen LogP contribution is 2.47.